The summed E-state index contributed by atoms with van der Waals surface area (Å²) in [4.78, 5) is 13.3. The van der Waals surface area contributed by atoms with Gasteiger partial charge in [0.25, 0.3) is 6.43 Å². The van der Waals surface area contributed by atoms with Gasteiger partial charge in [-0.25, -0.2) is 18.8 Å². The molecule has 0 saturated carbocycles. The molecule has 1 saturated heterocycles. The minimum atomic E-state index is -2.27. The Morgan fingerprint density at radius 1 is 1.26 bits per heavy atom. The van der Waals surface area contributed by atoms with Gasteiger partial charge < -0.3 is 15.5 Å². The van der Waals surface area contributed by atoms with Gasteiger partial charge in [0.05, 0.1) is 18.6 Å². The number of nitrogens with one attached hydrogen (secondary N) is 2. The number of nitrogens with zero attached hydrogens (tertiary/aromatic N) is 4. The maximum Gasteiger partial charge on any atom is 0.251 e. The van der Waals surface area contributed by atoms with E-state index in [9.17, 15) is 8.78 Å². The fourth-order valence-corrected chi connectivity index (χ4v) is 3.72. The molecule has 0 radical (unpaired) electrons. The molecule has 2 heterocycles. The molecule has 9 heteroatoms. The van der Waals surface area contributed by atoms with Gasteiger partial charge in [-0.1, -0.05) is 18.2 Å². The number of fused-ring (bicyclic) bond motifs is 1. The fraction of sp³-hybridized carbons (Fsp3) is 0.545. The summed E-state index contributed by atoms with van der Waals surface area (Å²) in [7, 11) is 3.96. The molecular weight excluding hydrogens is 513 g/mol. The first kappa shape index (κ1) is 25.5. The molecule has 1 aliphatic heterocycles. The number of likely N-dealkylation sites (tertiary alicyclic amines) is 1. The summed E-state index contributed by atoms with van der Waals surface area (Å²) in [5.41, 5.74) is 2.08. The van der Waals surface area contributed by atoms with Crippen molar-refractivity contribution in [1.82, 2.24) is 20.5 Å². The summed E-state index contributed by atoms with van der Waals surface area (Å²) in [5.74, 6) is 1.67. The predicted octanol–water partition coefficient (Wildman–Crippen LogP) is 3.70. The number of anilines is 1. The third kappa shape index (κ3) is 7.41. The summed E-state index contributed by atoms with van der Waals surface area (Å²) < 4.78 is 25.2. The van der Waals surface area contributed by atoms with Crippen LogP contribution in [0.1, 0.15) is 25.3 Å². The van der Waals surface area contributed by atoms with Crippen molar-refractivity contribution in [1.29, 1.82) is 0 Å². The molecule has 1 aromatic heterocycles. The fourth-order valence-electron chi connectivity index (χ4n) is 3.72. The number of halogens is 3. The van der Waals surface area contributed by atoms with Crippen LogP contribution in [0.2, 0.25) is 0 Å². The SMILES string of the molecule is CCNC(=NCc1cc(N(C)C)nc2ccccc12)NC1CCN(CC(F)F)CC1.I. The molecule has 2 N–H and O–H groups in total. The molecular formula is C22H33F2IN6. The van der Waals surface area contributed by atoms with Gasteiger partial charge in [-0.05, 0) is 37.5 Å². The van der Waals surface area contributed by atoms with Crippen LogP contribution in [-0.4, -0.2) is 68.6 Å². The second-order valence-corrected chi connectivity index (χ2v) is 7.86. The Bertz CT molecular complexity index is 853. The molecule has 0 aliphatic carbocycles. The van der Waals surface area contributed by atoms with Gasteiger partial charge in [0.15, 0.2) is 5.96 Å². The van der Waals surface area contributed by atoms with Crippen LogP contribution in [0.5, 0.6) is 0 Å². The van der Waals surface area contributed by atoms with Crippen molar-refractivity contribution >= 4 is 46.7 Å². The van der Waals surface area contributed by atoms with Gasteiger partial charge in [0.1, 0.15) is 5.82 Å². The maximum absolute atomic E-state index is 12.6. The van der Waals surface area contributed by atoms with Crippen molar-refractivity contribution in [3.63, 3.8) is 0 Å². The molecule has 1 aromatic carbocycles. The number of hydrogen-bond acceptors (Lipinski definition) is 4. The summed E-state index contributed by atoms with van der Waals surface area (Å²) in [6.45, 7) is 4.56. The van der Waals surface area contributed by atoms with E-state index in [1.807, 2.05) is 49.0 Å². The normalized spacial score (nSPS) is 15.7. The van der Waals surface area contributed by atoms with Gasteiger partial charge in [0.2, 0.25) is 0 Å². The van der Waals surface area contributed by atoms with E-state index in [-0.39, 0.29) is 36.6 Å². The number of rotatable bonds is 7. The summed E-state index contributed by atoms with van der Waals surface area (Å²) in [6.07, 6.45) is -0.601. The number of alkyl halides is 2. The standard InChI is InChI=1S/C22H32F2N6.HI/c1-4-25-22(27-17-9-11-30(12-10-17)15-20(23)24)26-14-16-13-21(29(2)3)28-19-8-6-5-7-18(16)19;/h5-8,13,17,20H,4,9-12,14-15H2,1-3H3,(H2,25,26,27);1H. The lowest BCUT2D eigenvalue weighted by molar-refractivity contribution is 0.0744. The molecule has 3 rings (SSSR count). The van der Waals surface area contributed by atoms with E-state index in [1.54, 1.807) is 0 Å². The summed E-state index contributed by atoms with van der Waals surface area (Å²) >= 11 is 0. The molecule has 0 bridgehead atoms. The average molecular weight is 546 g/mol. The van der Waals surface area contributed by atoms with Crippen LogP contribution in [-0.2, 0) is 6.54 Å². The van der Waals surface area contributed by atoms with Crippen molar-refractivity contribution in [2.24, 2.45) is 4.99 Å². The third-order valence-electron chi connectivity index (χ3n) is 5.32. The van der Waals surface area contributed by atoms with E-state index < -0.39 is 6.43 Å². The topological polar surface area (TPSA) is 55.8 Å². The molecule has 1 fully saturated rings. The second kappa shape index (κ2) is 12.3. The van der Waals surface area contributed by atoms with E-state index in [1.165, 1.54) is 0 Å². The van der Waals surface area contributed by atoms with Crippen molar-refractivity contribution in [3.8, 4) is 0 Å². The van der Waals surface area contributed by atoms with Crippen LogP contribution < -0.4 is 15.5 Å². The Balaban J connectivity index is 0.00000341. The number of aliphatic imine (C=N–C) groups is 1. The van der Waals surface area contributed by atoms with Crippen LogP contribution in [0.3, 0.4) is 0 Å². The number of guanidine groups is 1. The number of pyridine rings is 1. The second-order valence-electron chi connectivity index (χ2n) is 7.86. The highest BCUT2D eigenvalue weighted by molar-refractivity contribution is 14.0. The lowest BCUT2D eigenvalue weighted by Crippen LogP contribution is -2.49. The minimum absolute atomic E-state index is 0. The Labute approximate surface area is 200 Å². The van der Waals surface area contributed by atoms with Gasteiger partial charge in [-0.2, -0.15) is 0 Å². The molecule has 1 aliphatic rings. The molecule has 0 spiro atoms. The van der Waals surface area contributed by atoms with Crippen LogP contribution >= 0.6 is 24.0 Å². The van der Waals surface area contributed by atoms with Crippen LogP contribution in [0.15, 0.2) is 35.3 Å². The first-order chi connectivity index (χ1) is 14.5. The Morgan fingerprint density at radius 3 is 2.61 bits per heavy atom. The van der Waals surface area contributed by atoms with Gasteiger partial charge in [-0.3, -0.25) is 4.90 Å². The molecule has 2 aromatic rings. The van der Waals surface area contributed by atoms with Crippen molar-refractivity contribution in [3.05, 3.63) is 35.9 Å². The maximum atomic E-state index is 12.6. The Hall–Kier alpha value is -1.75. The zero-order valence-electron chi connectivity index (χ0n) is 18.4. The number of aromatic nitrogens is 1. The molecule has 31 heavy (non-hydrogen) atoms. The Morgan fingerprint density at radius 2 is 1.97 bits per heavy atom. The average Bonchev–Trinajstić information content (AvgIpc) is 2.72. The summed E-state index contributed by atoms with van der Waals surface area (Å²) in [6, 6.07) is 10.4. The first-order valence-corrected chi connectivity index (χ1v) is 10.6. The highest BCUT2D eigenvalue weighted by atomic mass is 127. The monoisotopic (exact) mass is 546 g/mol. The molecule has 0 atom stereocenters. The smallest absolute Gasteiger partial charge is 0.251 e. The number of piperidine rings is 1. The number of benzene rings is 1. The zero-order valence-corrected chi connectivity index (χ0v) is 20.8. The molecule has 6 nitrogen and oxygen atoms in total. The van der Waals surface area contributed by atoms with E-state index in [4.69, 9.17) is 9.98 Å². The van der Waals surface area contributed by atoms with Crippen molar-refractivity contribution < 1.29 is 8.78 Å². The summed E-state index contributed by atoms with van der Waals surface area (Å²) in [5, 5.41) is 7.89. The van der Waals surface area contributed by atoms with Crippen molar-refractivity contribution in [2.45, 2.75) is 38.8 Å². The van der Waals surface area contributed by atoms with Gasteiger partial charge in [0, 0.05) is 45.2 Å². The lowest BCUT2D eigenvalue weighted by atomic mass is 10.1. The van der Waals surface area contributed by atoms with Crippen LogP contribution in [0.4, 0.5) is 14.6 Å². The predicted molar refractivity (Wildman–Crippen MR) is 135 cm³/mol. The van der Waals surface area contributed by atoms with Crippen LogP contribution in [0, 0.1) is 0 Å². The van der Waals surface area contributed by atoms with Gasteiger partial charge >= 0.3 is 0 Å². The van der Waals surface area contributed by atoms with E-state index >= 15 is 0 Å². The Kier molecular flexibility index (Phi) is 10.1. The largest absolute Gasteiger partial charge is 0.363 e. The van der Waals surface area contributed by atoms with Crippen molar-refractivity contribution in [2.75, 3.05) is 45.2 Å². The highest BCUT2D eigenvalue weighted by Gasteiger charge is 2.22. The van der Waals surface area contributed by atoms with Gasteiger partial charge in [-0.15, -0.1) is 24.0 Å². The van der Waals surface area contributed by atoms with E-state index in [2.05, 4.69) is 22.8 Å². The van der Waals surface area contributed by atoms with E-state index in [0.29, 0.717) is 19.6 Å². The molecule has 0 amide bonds. The number of hydrogen-bond donors (Lipinski definition) is 2. The molecule has 172 valence electrons. The minimum Gasteiger partial charge on any atom is -0.363 e. The lowest BCUT2D eigenvalue weighted by Gasteiger charge is -2.32. The van der Waals surface area contributed by atoms with E-state index in [0.717, 1.165) is 47.6 Å². The zero-order chi connectivity index (χ0) is 21.5. The highest BCUT2D eigenvalue weighted by Crippen LogP contribution is 2.23. The quantitative estimate of drug-likeness (QED) is 0.315. The van der Waals surface area contributed by atoms with Crippen LogP contribution in [0.25, 0.3) is 10.9 Å². The first-order valence-electron chi connectivity index (χ1n) is 10.6. The molecule has 0 unspecified atom stereocenters. The third-order valence-corrected chi connectivity index (χ3v) is 5.32. The number of para-hydroxylation sites is 1.